The molecule has 0 unspecified atom stereocenters. The lowest BCUT2D eigenvalue weighted by Crippen LogP contribution is -2.38. The van der Waals surface area contributed by atoms with E-state index >= 15 is 0 Å². The van der Waals surface area contributed by atoms with Crippen molar-refractivity contribution in [3.05, 3.63) is 24.0 Å². The molecule has 2 rings (SSSR count). The third-order valence-electron chi connectivity index (χ3n) is 3.71. The molecule has 2 heterocycles. The molecule has 0 aliphatic carbocycles. The topological polar surface area (TPSA) is 66.4 Å². The Morgan fingerprint density at radius 2 is 2.15 bits per heavy atom. The van der Waals surface area contributed by atoms with E-state index in [1.54, 1.807) is 14.1 Å². The number of piperidine rings is 1. The van der Waals surface area contributed by atoms with Gasteiger partial charge in [0.1, 0.15) is 5.69 Å². The maximum absolute atomic E-state index is 12.4. The van der Waals surface area contributed by atoms with Gasteiger partial charge in [0.2, 0.25) is 5.91 Å². The summed E-state index contributed by atoms with van der Waals surface area (Å²) >= 11 is 0. The summed E-state index contributed by atoms with van der Waals surface area (Å²) in [5, 5.41) is 5.85. The molecule has 1 aromatic rings. The van der Waals surface area contributed by atoms with Gasteiger partial charge >= 0.3 is 0 Å². The SMILES string of the molecule is CNC(=O)CN(C)C(=O)c1cccn1C1CCNCC1. The molecule has 1 aliphatic rings. The Bertz CT molecular complexity index is 477. The normalized spacial score (nSPS) is 15.9. The highest BCUT2D eigenvalue weighted by molar-refractivity contribution is 5.95. The molecule has 0 spiro atoms. The quantitative estimate of drug-likeness (QED) is 0.828. The van der Waals surface area contributed by atoms with Crippen molar-refractivity contribution in [2.24, 2.45) is 0 Å². The first-order chi connectivity index (χ1) is 9.63. The molecule has 1 fully saturated rings. The Balaban J connectivity index is 2.10. The van der Waals surface area contributed by atoms with Gasteiger partial charge in [0, 0.05) is 26.3 Å². The summed E-state index contributed by atoms with van der Waals surface area (Å²) in [6.45, 7) is 2.03. The zero-order valence-electron chi connectivity index (χ0n) is 12.1. The molecule has 110 valence electrons. The third-order valence-corrected chi connectivity index (χ3v) is 3.71. The zero-order valence-corrected chi connectivity index (χ0v) is 12.1. The molecule has 20 heavy (non-hydrogen) atoms. The Morgan fingerprint density at radius 3 is 2.80 bits per heavy atom. The second kappa shape index (κ2) is 6.56. The molecule has 6 heteroatoms. The minimum Gasteiger partial charge on any atom is -0.358 e. The van der Waals surface area contributed by atoms with Gasteiger partial charge in [-0.3, -0.25) is 9.59 Å². The minimum atomic E-state index is -0.166. The first-order valence-electron chi connectivity index (χ1n) is 6.97. The highest BCUT2D eigenvalue weighted by Gasteiger charge is 2.22. The second-order valence-electron chi connectivity index (χ2n) is 5.12. The van der Waals surface area contributed by atoms with Gasteiger partial charge in [-0.2, -0.15) is 0 Å². The first kappa shape index (κ1) is 14.6. The average molecular weight is 278 g/mol. The summed E-state index contributed by atoms with van der Waals surface area (Å²) in [4.78, 5) is 25.2. The average Bonchev–Trinajstić information content (AvgIpc) is 2.96. The predicted molar refractivity (Wildman–Crippen MR) is 76.6 cm³/mol. The van der Waals surface area contributed by atoms with Crippen LogP contribution in [-0.4, -0.2) is 55.0 Å². The Kier molecular flexibility index (Phi) is 4.79. The van der Waals surface area contributed by atoms with Crippen molar-refractivity contribution in [2.45, 2.75) is 18.9 Å². The summed E-state index contributed by atoms with van der Waals surface area (Å²) in [7, 11) is 3.22. The smallest absolute Gasteiger partial charge is 0.270 e. The van der Waals surface area contributed by atoms with Crippen LogP contribution in [0.1, 0.15) is 29.4 Å². The maximum atomic E-state index is 12.4. The van der Waals surface area contributed by atoms with Crippen LogP contribution in [0.5, 0.6) is 0 Å². The molecule has 2 N–H and O–H groups in total. The van der Waals surface area contributed by atoms with Gasteiger partial charge in [-0.1, -0.05) is 0 Å². The number of likely N-dealkylation sites (N-methyl/N-ethyl adjacent to an activating group) is 2. The van der Waals surface area contributed by atoms with Crippen LogP contribution in [0.3, 0.4) is 0 Å². The van der Waals surface area contributed by atoms with E-state index in [0.29, 0.717) is 11.7 Å². The lowest BCUT2D eigenvalue weighted by atomic mass is 10.1. The Hall–Kier alpha value is -1.82. The number of carbonyl (C=O) groups excluding carboxylic acids is 2. The molecular formula is C14H22N4O2. The summed E-state index contributed by atoms with van der Waals surface area (Å²) in [6, 6.07) is 4.08. The van der Waals surface area contributed by atoms with Gasteiger partial charge in [-0.25, -0.2) is 0 Å². The van der Waals surface area contributed by atoms with E-state index in [0.717, 1.165) is 25.9 Å². The number of hydrogen-bond donors (Lipinski definition) is 2. The van der Waals surface area contributed by atoms with E-state index in [1.807, 2.05) is 22.9 Å². The highest BCUT2D eigenvalue weighted by atomic mass is 16.2. The van der Waals surface area contributed by atoms with Crippen molar-refractivity contribution in [1.29, 1.82) is 0 Å². The summed E-state index contributed by atoms with van der Waals surface area (Å²) in [6.07, 6.45) is 4.00. The van der Waals surface area contributed by atoms with E-state index in [4.69, 9.17) is 0 Å². The molecule has 0 saturated carbocycles. The van der Waals surface area contributed by atoms with Crippen LogP contribution in [0.2, 0.25) is 0 Å². The Morgan fingerprint density at radius 1 is 1.45 bits per heavy atom. The van der Waals surface area contributed by atoms with Crippen molar-refractivity contribution in [1.82, 2.24) is 20.1 Å². The monoisotopic (exact) mass is 278 g/mol. The molecule has 1 aromatic heterocycles. The van der Waals surface area contributed by atoms with E-state index in [1.165, 1.54) is 4.90 Å². The molecule has 1 saturated heterocycles. The van der Waals surface area contributed by atoms with Crippen molar-refractivity contribution in [3.8, 4) is 0 Å². The molecule has 0 atom stereocenters. The summed E-state index contributed by atoms with van der Waals surface area (Å²) in [5.41, 5.74) is 0.656. The molecule has 0 bridgehead atoms. The van der Waals surface area contributed by atoms with Crippen molar-refractivity contribution in [2.75, 3.05) is 33.7 Å². The molecule has 0 radical (unpaired) electrons. The molecule has 2 amide bonds. The minimum absolute atomic E-state index is 0.0761. The largest absolute Gasteiger partial charge is 0.358 e. The number of amides is 2. The molecular weight excluding hydrogens is 256 g/mol. The lowest BCUT2D eigenvalue weighted by molar-refractivity contribution is -0.121. The van der Waals surface area contributed by atoms with Gasteiger partial charge in [-0.15, -0.1) is 0 Å². The summed E-state index contributed by atoms with van der Waals surface area (Å²) < 4.78 is 2.05. The van der Waals surface area contributed by atoms with Gasteiger partial charge in [-0.05, 0) is 38.1 Å². The fourth-order valence-corrected chi connectivity index (χ4v) is 2.54. The van der Waals surface area contributed by atoms with Gasteiger partial charge < -0.3 is 20.1 Å². The van der Waals surface area contributed by atoms with E-state index < -0.39 is 0 Å². The maximum Gasteiger partial charge on any atom is 0.270 e. The van der Waals surface area contributed by atoms with Gasteiger partial charge in [0.25, 0.3) is 5.91 Å². The molecule has 0 aromatic carbocycles. The second-order valence-corrected chi connectivity index (χ2v) is 5.12. The van der Waals surface area contributed by atoms with Gasteiger partial charge in [0.15, 0.2) is 0 Å². The molecule has 6 nitrogen and oxygen atoms in total. The molecule has 1 aliphatic heterocycles. The zero-order chi connectivity index (χ0) is 14.5. The van der Waals surface area contributed by atoms with Crippen molar-refractivity contribution in [3.63, 3.8) is 0 Å². The number of aromatic nitrogens is 1. The standard InChI is InChI=1S/C14H22N4O2/c1-15-13(19)10-17(2)14(20)12-4-3-9-18(12)11-5-7-16-8-6-11/h3-4,9,11,16H,5-8,10H2,1-2H3,(H,15,19). The number of rotatable bonds is 4. The Labute approximate surface area is 119 Å². The number of carbonyl (C=O) groups is 2. The van der Waals surface area contributed by atoms with E-state index in [-0.39, 0.29) is 18.4 Å². The van der Waals surface area contributed by atoms with Crippen LogP contribution in [0.25, 0.3) is 0 Å². The van der Waals surface area contributed by atoms with Gasteiger partial charge in [0.05, 0.1) is 6.54 Å². The van der Waals surface area contributed by atoms with Crippen LogP contribution in [0, 0.1) is 0 Å². The predicted octanol–water partition coefficient (Wildman–Crippen LogP) is 0.231. The number of hydrogen-bond acceptors (Lipinski definition) is 3. The third kappa shape index (κ3) is 3.19. The van der Waals surface area contributed by atoms with E-state index in [2.05, 4.69) is 10.6 Å². The number of nitrogens with one attached hydrogen (secondary N) is 2. The van der Waals surface area contributed by atoms with E-state index in [9.17, 15) is 9.59 Å². The lowest BCUT2D eigenvalue weighted by Gasteiger charge is -2.27. The van der Waals surface area contributed by atoms with Crippen LogP contribution >= 0.6 is 0 Å². The van der Waals surface area contributed by atoms with Crippen LogP contribution < -0.4 is 10.6 Å². The fourth-order valence-electron chi connectivity index (χ4n) is 2.54. The summed E-state index contributed by atoms with van der Waals surface area (Å²) in [5.74, 6) is -0.280. The van der Waals surface area contributed by atoms with Crippen molar-refractivity contribution >= 4 is 11.8 Å². The van der Waals surface area contributed by atoms with Crippen LogP contribution in [-0.2, 0) is 4.79 Å². The van der Waals surface area contributed by atoms with Crippen LogP contribution in [0.15, 0.2) is 18.3 Å². The fraction of sp³-hybridized carbons (Fsp3) is 0.571. The van der Waals surface area contributed by atoms with Crippen molar-refractivity contribution < 1.29 is 9.59 Å². The number of nitrogens with zero attached hydrogens (tertiary/aromatic N) is 2. The van der Waals surface area contributed by atoms with Crippen LogP contribution in [0.4, 0.5) is 0 Å². The highest BCUT2D eigenvalue weighted by Crippen LogP contribution is 2.21. The first-order valence-corrected chi connectivity index (χ1v) is 6.97.